The predicted molar refractivity (Wildman–Crippen MR) is 88.5 cm³/mol. The van der Waals surface area contributed by atoms with Gasteiger partial charge in [-0.15, -0.1) is 0 Å². The molecule has 0 radical (unpaired) electrons. The highest BCUT2D eigenvalue weighted by atomic mass is 14.9. The smallest absolute Gasteiger partial charge is 0.0480 e. The van der Waals surface area contributed by atoms with E-state index in [-0.39, 0.29) is 5.41 Å². The average molecular weight is 272 g/mol. The van der Waals surface area contributed by atoms with Crippen LogP contribution in [0.4, 0.5) is 0 Å². The van der Waals surface area contributed by atoms with E-state index in [9.17, 15) is 0 Å². The third-order valence-corrected chi connectivity index (χ3v) is 3.88. The Hall–Kier alpha value is -1.28. The Labute approximate surface area is 123 Å². The first-order valence-corrected chi connectivity index (χ1v) is 7.61. The van der Waals surface area contributed by atoms with Crippen LogP contribution in [0.25, 0.3) is 10.9 Å². The van der Waals surface area contributed by atoms with Crippen molar-refractivity contribution in [3.63, 3.8) is 0 Å². The van der Waals surface area contributed by atoms with E-state index in [0.717, 1.165) is 13.0 Å². The second kappa shape index (κ2) is 5.61. The molecule has 0 saturated carbocycles. The summed E-state index contributed by atoms with van der Waals surface area (Å²) in [4.78, 5) is 0. The SMILES string of the molecule is CC(C)NCCc1cn(C)c2ccc(C(C)(C)C)cc12. The Kier molecular flexibility index (Phi) is 4.24. The molecule has 2 rings (SSSR count). The molecule has 0 aliphatic rings. The van der Waals surface area contributed by atoms with Gasteiger partial charge in [-0.05, 0) is 41.6 Å². The summed E-state index contributed by atoms with van der Waals surface area (Å²) in [5, 5.41) is 4.91. The molecular formula is C18H28N2. The maximum absolute atomic E-state index is 3.50. The van der Waals surface area contributed by atoms with Crippen molar-refractivity contribution in [2.24, 2.45) is 7.05 Å². The van der Waals surface area contributed by atoms with Crippen molar-refractivity contribution in [1.29, 1.82) is 0 Å². The monoisotopic (exact) mass is 272 g/mol. The fourth-order valence-corrected chi connectivity index (χ4v) is 2.63. The van der Waals surface area contributed by atoms with Crippen LogP contribution in [0.15, 0.2) is 24.4 Å². The number of benzene rings is 1. The number of hydrogen-bond acceptors (Lipinski definition) is 1. The van der Waals surface area contributed by atoms with Crippen molar-refractivity contribution in [3.05, 3.63) is 35.5 Å². The highest BCUT2D eigenvalue weighted by molar-refractivity contribution is 5.85. The molecule has 0 saturated heterocycles. The summed E-state index contributed by atoms with van der Waals surface area (Å²) in [6, 6.07) is 7.45. The van der Waals surface area contributed by atoms with Gasteiger partial charge in [-0.2, -0.15) is 0 Å². The molecule has 2 nitrogen and oxygen atoms in total. The molecule has 0 unspecified atom stereocenters. The molecule has 0 bridgehead atoms. The molecule has 0 aliphatic carbocycles. The first-order valence-electron chi connectivity index (χ1n) is 7.61. The Bertz CT molecular complexity index is 585. The summed E-state index contributed by atoms with van der Waals surface area (Å²) >= 11 is 0. The van der Waals surface area contributed by atoms with Crippen LogP contribution in [0.3, 0.4) is 0 Å². The van der Waals surface area contributed by atoms with Crippen molar-refractivity contribution in [3.8, 4) is 0 Å². The van der Waals surface area contributed by atoms with Gasteiger partial charge in [-0.25, -0.2) is 0 Å². The van der Waals surface area contributed by atoms with Gasteiger partial charge in [0, 0.05) is 30.2 Å². The highest BCUT2D eigenvalue weighted by Gasteiger charge is 2.15. The maximum Gasteiger partial charge on any atom is 0.0480 e. The van der Waals surface area contributed by atoms with E-state index in [1.54, 1.807) is 0 Å². The van der Waals surface area contributed by atoms with Gasteiger partial charge in [0.05, 0.1) is 0 Å². The Morgan fingerprint density at radius 2 is 1.90 bits per heavy atom. The number of nitrogens with zero attached hydrogens (tertiary/aromatic N) is 1. The zero-order valence-corrected chi connectivity index (χ0v) is 13.7. The fourth-order valence-electron chi connectivity index (χ4n) is 2.63. The largest absolute Gasteiger partial charge is 0.350 e. The summed E-state index contributed by atoms with van der Waals surface area (Å²) < 4.78 is 2.24. The van der Waals surface area contributed by atoms with Gasteiger partial charge in [0.1, 0.15) is 0 Å². The van der Waals surface area contributed by atoms with Crippen LogP contribution in [-0.2, 0) is 18.9 Å². The Morgan fingerprint density at radius 3 is 2.50 bits per heavy atom. The number of fused-ring (bicyclic) bond motifs is 1. The molecule has 0 amide bonds. The van der Waals surface area contributed by atoms with Crippen LogP contribution in [0.1, 0.15) is 45.7 Å². The van der Waals surface area contributed by atoms with Gasteiger partial charge in [0.15, 0.2) is 0 Å². The molecule has 110 valence electrons. The molecule has 20 heavy (non-hydrogen) atoms. The van der Waals surface area contributed by atoms with Crippen molar-refractivity contribution in [1.82, 2.24) is 9.88 Å². The molecule has 2 aromatic rings. The van der Waals surface area contributed by atoms with Crippen LogP contribution >= 0.6 is 0 Å². The van der Waals surface area contributed by atoms with Crippen LogP contribution in [0.2, 0.25) is 0 Å². The predicted octanol–water partition coefficient (Wildman–Crippen LogP) is 4.02. The summed E-state index contributed by atoms with van der Waals surface area (Å²) in [5.74, 6) is 0. The zero-order valence-electron chi connectivity index (χ0n) is 13.7. The van der Waals surface area contributed by atoms with Gasteiger partial charge in [0.25, 0.3) is 0 Å². The maximum atomic E-state index is 3.50. The molecule has 1 aromatic carbocycles. The standard InChI is InChI=1S/C18H28N2/c1-13(2)19-10-9-14-12-20(6)17-8-7-15(11-16(14)17)18(3,4)5/h7-8,11-13,19H,9-10H2,1-6H3. The van der Waals surface area contributed by atoms with Crippen molar-refractivity contribution < 1.29 is 0 Å². The number of rotatable bonds is 4. The molecule has 0 atom stereocenters. The van der Waals surface area contributed by atoms with Gasteiger partial charge >= 0.3 is 0 Å². The van der Waals surface area contributed by atoms with E-state index < -0.39 is 0 Å². The lowest BCUT2D eigenvalue weighted by molar-refractivity contribution is 0.589. The summed E-state index contributed by atoms with van der Waals surface area (Å²) in [7, 11) is 2.14. The van der Waals surface area contributed by atoms with Gasteiger partial charge < -0.3 is 9.88 Å². The van der Waals surface area contributed by atoms with Crippen molar-refractivity contribution in [2.45, 2.75) is 52.5 Å². The molecular weight excluding hydrogens is 244 g/mol. The molecule has 1 N–H and O–H groups in total. The average Bonchev–Trinajstić information content (AvgIpc) is 2.65. The van der Waals surface area contributed by atoms with Crippen LogP contribution in [0.5, 0.6) is 0 Å². The minimum atomic E-state index is 0.206. The van der Waals surface area contributed by atoms with E-state index in [2.05, 4.69) is 75.9 Å². The molecule has 0 aliphatic heterocycles. The lowest BCUT2D eigenvalue weighted by Crippen LogP contribution is -2.24. The second-order valence-corrected chi connectivity index (χ2v) is 7.11. The molecule has 0 fully saturated rings. The number of aryl methyl sites for hydroxylation is 1. The lowest BCUT2D eigenvalue weighted by atomic mass is 9.86. The minimum absolute atomic E-state index is 0.206. The number of nitrogens with one attached hydrogen (secondary N) is 1. The lowest BCUT2D eigenvalue weighted by Gasteiger charge is -2.19. The first kappa shape index (κ1) is 15.1. The van der Waals surface area contributed by atoms with Crippen LogP contribution < -0.4 is 5.32 Å². The minimum Gasteiger partial charge on any atom is -0.350 e. The van der Waals surface area contributed by atoms with Crippen LogP contribution in [0, 0.1) is 0 Å². The summed E-state index contributed by atoms with van der Waals surface area (Å²) in [6.45, 7) is 12.3. The van der Waals surface area contributed by atoms with E-state index in [4.69, 9.17) is 0 Å². The second-order valence-electron chi connectivity index (χ2n) is 7.11. The van der Waals surface area contributed by atoms with E-state index in [1.807, 2.05) is 0 Å². The number of aromatic nitrogens is 1. The summed E-state index contributed by atoms with van der Waals surface area (Å²) in [6.07, 6.45) is 3.36. The van der Waals surface area contributed by atoms with Crippen molar-refractivity contribution >= 4 is 10.9 Å². The Morgan fingerprint density at radius 1 is 1.20 bits per heavy atom. The van der Waals surface area contributed by atoms with Gasteiger partial charge in [0.2, 0.25) is 0 Å². The number of hydrogen-bond donors (Lipinski definition) is 1. The first-order chi connectivity index (χ1) is 9.29. The molecule has 2 heteroatoms. The zero-order chi connectivity index (χ0) is 14.9. The van der Waals surface area contributed by atoms with E-state index >= 15 is 0 Å². The molecule has 0 spiro atoms. The van der Waals surface area contributed by atoms with Gasteiger partial charge in [-0.1, -0.05) is 40.7 Å². The van der Waals surface area contributed by atoms with Crippen molar-refractivity contribution in [2.75, 3.05) is 6.54 Å². The third-order valence-electron chi connectivity index (χ3n) is 3.88. The molecule has 1 heterocycles. The van der Waals surface area contributed by atoms with E-state index in [0.29, 0.717) is 6.04 Å². The fraction of sp³-hybridized carbons (Fsp3) is 0.556. The normalized spacial score (nSPS) is 12.6. The Balaban J connectivity index is 2.34. The highest BCUT2D eigenvalue weighted by Crippen LogP contribution is 2.28. The topological polar surface area (TPSA) is 17.0 Å². The van der Waals surface area contributed by atoms with Gasteiger partial charge in [-0.3, -0.25) is 0 Å². The van der Waals surface area contributed by atoms with Crippen LogP contribution in [-0.4, -0.2) is 17.2 Å². The molecule has 1 aromatic heterocycles. The summed E-state index contributed by atoms with van der Waals surface area (Å²) in [5.41, 5.74) is 4.39. The quantitative estimate of drug-likeness (QED) is 0.889. The third kappa shape index (κ3) is 3.24. The van der Waals surface area contributed by atoms with E-state index in [1.165, 1.54) is 22.0 Å².